The van der Waals surface area contributed by atoms with Crippen molar-refractivity contribution in [3.05, 3.63) is 24.3 Å². The summed E-state index contributed by atoms with van der Waals surface area (Å²) in [5.41, 5.74) is 3.39. The molecule has 0 bridgehead atoms. The molecule has 0 aliphatic heterocycles. The van der Waals surface area contributed by atoms with E-state index in [2.05, 4.69) is 10.5 Å². The van der Waals surface area contributed by atoms with Crippen molar-refractivity contribution in [2.75, 3.05) is 13.2 Å². The molecule has 82 valence electrons. The van der Waals surface area contributed by atoms with Crippen molar-refractivity contribution in [2.45, 2.75) is 13.8 Å². The van der Waals surface area contributed by atoms with Gasteiger partial charge in [-0.05, 0) is 26.0 Å². The Hall–Kier alpha value is -1.55. The minimum Gasteiger partial charge on any atom is -0.492 e. The summed E-state index contributed by atoms with van der Waals surface area (Å²) in [6.45, 7) is 5.07. The SMILES string of the molecule is CCONC=Nc1ccccc1OCC. The Morgan fingerprint density at radius 3 is 2.80 bits per heavy atom. The van der Waals surface area contributed by atoms with Crippen LogP contribution in [0.5, 0.6) is 5.75 Å². The van der Waals surface area contributed by atoms with Gasteiger partial charge in [0.15, 0.2) is 0 Å². The third-order valence-electron chi connectivity index (χ3n) is 1.65. The number of rotatable bonds is 6. The molecule has 0 aromatic heterocycles. The predicted molar refractivity (Wildman–Crippen MR) is 60.5 cm³/mol. The molecule has 0 saturated carbocycles. The van der Waals surface area contributed by atoms with E-state index in [-0.39, 0.29) is 0 Å². The maximum Gasteiger partial charge on any atom is 0.144 e. The van der Waals surface area contributed by atoms with Gasteiger partial charge < -0.3 is 4.74 Å². The lowest BCUT2D eigenvalue weighted by atomic mass is 10.3. The highest BCUT2D eigenvalue weighted by Gasteiger charge is 1.98. The van der Waals surface area contributed by atoms with Crippen LogP contribution in [0.25, 0.3) is 0 Å². The summed E-state index contributed by atoms with van der Waals surface area (Å²) in [7, 11) is 0. The highest BCUT2D eigenvalue weighted by Crippen LogP contribution is 2.25. The van der Waals surface area contributed by atoms with E-state index in [1.54, 1.807) is 0 Å². The minimum atomic E-state index is 0.596. The number of hydrogen-bond acceptors (Lipinski definition) is 3. The molecule has 1 rings (SSSR count). The highest BCUT2D eigenvalue weighted by atomic mass is 16.6. The lowest BCUT2D eigenvalue weighted by Gasteiger charge is -2.05. The van der Waals surface area contributed by atoms with Gasteiger partial charge in [0.2, 0.25) is 0 Å². The summed E-state index contributed by atoms with van der Waals surface area (Å²) in [5, 5.41) is 0. The Morgan fingerprint density at radius 1 is 1.27 bits per heavy atom. The Labute approximate surface area is 89.9 Å². The van der Waals surface area contributed by atoms with Crippen LogP contribution in [0.3, 0.4) is 0 Å². The van der Waals surface area contributed by atoms with E-state index in [1.165, 1.54) is 6.34 Å². The topological polar surface area (TPSA) is 42.8 Å². The van der Waals surface area contributed by atoms with Gasteiger partial charge in [-0.3, -0.25) is 10.3 Å². The molecule has 0 amide bonds. The van der Waals surface area contributed by atoms with Crippen LogP contribution in [0.2, 0.25) is 0 Å². The van der Waals surface area contributed by atoms with Crippen LogP contribution in [0, 0.1) is 0 Å². The minimum absolute atomic E-state index is 0.596. The first-order valence-corrected chi connectivity index (χ1v) is 5.00. The van der Waals surface area contributed by atoms with Gasteiger partial charge in [0.25, 0.3) is 0 Å². The second-order valence-electron chi connectivity index (χ2n) is 2.71. The molecule has 15 heavy (non-hydrogen) atoms. The molecule has 0 radical (unpaired) electrons. The van der Waals surface area contributed by atoms with Gasteiger partial charge in [0.05, 0.1) is 13.2 Å². The zero-order valence-electron chi connectivity index (χ0n) is 9.06. The van der Waals surface area contributed by atoms with Gasteiger partial charge in [-0.25, -0.2) is 4.99 Å². The fourth-order valence-corrected chi connectivity index (χ4v) is 1.06. The summed E-state index contributed by atoms with van der Waals surface area (Å²) in [5.74, 6) is 0.773. The zero-order chi connectivity index (χ0) is 10.9. The van der Waals surface area contributed by atoms with Crippen LogP contribution in [0.4, 0.5) is 5.69 Å². The average molecular weight is 208 g/mol. The van der Waals surface area contributed by atoms with Crippen LogP contribution in [-0.2, 0) is 4.84 Å². The summed E-state index contributed by atoms with van der Waals surface area (Å²) < 4.78 is 5.41. The molecule has 0 fully saturated rings. The van der Waals surface area contributed by atoms with Gasteiger partial charge in [-0.15, -0.1) is 0 Å². The van der Waals surface area contributed by atoms with Crippen molar-refractivity contribution in [3.8, 4) is 5.75 Å². The van der Waals surface area contributed by atoms with E-state index in [9.17, 15) is 0 Å². The molecular formula is C11H16N2O2. The molecule has 4 nitrogen and oxygen atoms in total. The van der Waals surface area contributed by atoms with E-state index in [1.807, 2.05) is 38.1 Å². The molecule has 0 heterocycles. The Morgan fingerprint density at radius 2 is 2.07 bits per heavy atom. The van der Waals surface area contributed by atoms with Crippen molar-refractivity contribution in [1.29, 1.82) is 0 Å². The Kier molecular flexibility index (Phi) is 5.25. The molecule has 1 aromatic rings. The van der Waals surface area contributed by atoms with Crippen molar-refractivity contribution >= 4 is 12.0 Å². The van der Waals surface area contributed by atoms with Gasteiger partial charge in [0.1, 0.15) is 17.8 Å². The maximum absolute atomic E-state index is 5.41. The summed E-state index contributed by atoms with van der Waals surface area (Å²) >= 11 is 0. The molecular weight excluding hydrogens is 192 g/mol. The average Bonchev–Trinajstić information content (AvgIpc) is 2.27. The third kappa shape index (κ3) is 3.99. The number of nitrogens with one attached hydrogen (secondary N) is 1. The van der Waals surface area contributed by atoms with E-state index in [0.29, 0.717) is 13.2 Å². The summed E-state index contributed by atoms with van der Waals surface area (Å²) in [6, 6.07) is 7.60. The Balaban J connectivity index is 2.62. The van der Waals surface area contributed by atoms with Gasteiger partial charge in [0, 0.05) is 0 Å². The summed E-state index contributed by atoms with van der Waals surface area (Å²) in [6.07, 6.45) is 1.50. The van der Waals surface area contributed by atoms with Gasteiger partial charge in [-0.2, -0.15) is 0 Å². The standard InChI is InChI=1S/C11H16N2O2/c1-3-14-11-8-6-5-7-10(11)12-9-13-15-4-2/h5-9H,3-4H2,1-2H3,(H,12,13). The quantitative estimate of drug-likeness (QED) is 0.337. The summed E-state index contributed by atoms with van der Waals surface area (Å²) in [4.78, 5) is 9.09. The first kappa shape index (κ1) is 11.5. The molecule has 0 aliphatic rings. The van der Waals surface area contributed by atoms with Crippen molar-refractivity contribution in [2.24, 2.45) is 4.99 Å². The normalized spacial score (nSPS) is 10.5. The molecule has 0 spiro atoms. The van der Waals surface area contributed by atoms with E-state index >= 15 is 0 Å². The number of aliphatic imine (C=N–C) groups is 1. The molecule has 0 unspecified atom stereocenters. The maximum atomic E-state index is 5.41. The Bertz CT molecular complexity index is 313. The monoisotopic (exact) mass is 208 g/mol. The zero-order valence-corrected chi connectivity index (χ0v) is 9.06. The molecule has 1 N–H and O–H groups in total. The smallest absolute Gasteiger partial charge is 0.144 e. The van der Waals surface area contributed by atoms with Crippen LogP contribution >= 0.6 is 0 Å². The number of hydrogen-bond donors (Lipinski definition) is 1. The first-order chi connectivity index (χ1) is 7.38. The number of hydroxylamine groups is 1. The van der Waals surface area contributed by atoms with E-state index in [0.717, 1.165) is 11.4 Å². The van der Waals surface area contributed by atoms with Crippen molar-refractivity contribution in [1.82, 2.24) is 5.48 Å². The van der Waals surface area contributed by atoms with E-state index in [4.69, 9.17) is 9.57 Å². The van der Waals surface area contributed by atoms with Crippen molar-refractivity contribution in [3.63, 3.8) is 0 Å². The lowest BCUT2D eigenvalue weighted by molar-refractivity contribution is 0.100. The molecule has 0 aliphatic carbocycles. The highest BCUT2D eigenvalue weighted by molar-refractivity contribution is 5.63. The number of para-hydroxylation sites is 2. The fourth-order valence-electron chi connectivity index (χ4n) is 1.06. The third-order valence-corrected chi connectivity index (χ3v) is 1.65. The van der Waals surface area contributed by atoms with Gasteiger partial charge >= 0.3 is 0 Å². The second kappa shape index (κ2) is 6.84. The molecule has 0 atom stereocenters. The number of ether oxygens (including phenoxy) is 1. The lowest BCUT2D eigenvalue weighted by Crippen LogP contribution is -2.10. The van der Waals surface area contributed by atoms with Crippen LogP contribution < -0.4 is 10.2 Å². The molecule has 0 saturated heterocycles. The van der Waals surface area contributed by atoms with Crippen molar-refractivity contribution < 1.29 is 9.57 Å². The van der Waals surface area contributed by atoms with E-state index < -0.39 is 0 Å². The van der Waals surface area contributed by atoms with Gasteiger partial charge in [-0.1, -0.05) is 12.1 Å². The fraction of sp³-hybridized carbons (Fsp3) is 0.364. The largest absolute Gasteiger partial charge is 0.492 e. The predicted octanol–water partition coefficient (Wildman–Crippen LogP) is 2.29. The van der Waals surface area contributed by atoms with Crippen LogP contribution in [0.1, 0.15) is 13.8 Å². The van der Waals surface area contributed by atoms with Crippen LogP contribution in [-0.4, -0.2) is 19.6 Å². The molecule has 4 heteroatoms. The van der Waals surface area contributed by atoms with Crippen LogP contribution in [0.15, 0.2) is 29.3 Å². The second-order valence-corrected chi connectivity index (χ2v) is 2.71. The number of benzene rings is 1. The molecule has 1 aromatic carbocycles. The number of nitrogens with zero attached hydrogens (tertiary/aromatic N) is 1. The first-order valence-electron chi connectivity index (χ1n) is 5.00.